The number of imidazole rings is 1. The van der Waals surface area contributed by atoms with Gasteiger partial charge >= 0.3 is 0 Å². The van der Waals surface area contributed by atoms with Crippen molar-refractivity contribution in [2.24, 2.45) is 5.92 Å². The van der Waals surface area contributed by atoms with E-state index in [0.717, 1.165) is 35.5 Å². The van der Waals surface area contributed by atoms with Crippen molar-refractivity contribution in [1.29, 1.82) is 0 Å². The molecule has 0 radical (unpaired) electrons. The maximum Gasteiger partial charge on any atom is 0.251 e. The van der Waals surface area contributed by atoms with E-state index in [-0.39, 0.29) is 30.1 Å². The number of nitrogens with one attached hydrogen (secondary N) is 1. The fourth-order valence-corrected chi connectivity index (χ4v) is 5.02. The third-order valence-corrected chi connectivity index (χ3v) is 7.00. The third-order valence-electron chi connectivity index (χ3n) is 7.00. The molecule has 6 heteroatoms. The second-order valence-corrected chi connectivity index (χ2v) is 10.0. The summed E-state index contributed by atoms with van der Waals surface area (Å²) < 4.78 is 7.88. The van der Waals surface area contributed by atoms with Crippen molar-refractivity contribution in [3.63, 3.8) is 0 Å². The van der Waals surface area contributed by atoms with Crippen LogP contribution in [0.4, 0.5) is 0 Å². The number of aliphatic hydroxyl groups excluding tert-OH is 1. The molecule has 0 bridgehead atoms. The molecule has 186 valence electrons. The zero-order chi connectivity index (χ0) is 25.3. The summed E-state index contributed by atoms with van der Waals surface area (Å²) in [5, 5.41) is 13.0. The number of benzene rings is 1. The van der Waals surface area contributed by atoms with Crippen molar-refractivity contribution in [2.75, 3.05) is 6.61 Å². The van der Waals surface area contributed by atoms with Gasteiger partial charge in [0.05, 0.1) is 24.4 Å². The van der Waals surface area contributed by atoms with Gasteiger partial charge in [0.25, 0.3) is 5.91 Å². The number of aromatic nitrogens is 2. The van der Waals surface area contributed by atoms with Gasteiger partial charge < -0.3 is 19.7 Å². The molecule has 6 nitrogen and oxygen atoms in total. The van der Waals surface area contributed by atoms with Crippen LogP contribution in [0.1, 0.15) is 60.5 Å². The lowest BCUT2D eigenvalue weighted by Gasteiger charge is -2.20. The number of carbonyl (C=O) groups is 1. The van der Waals surface area contributed by atoms with E-state index >= 15 is 0 Å². The highest BCUT2D eigenvalue weighted by Crippen LogP contribution is 2.58. The molecule has 1 saturated carbocycles. The molecule has 1 aromatic carbocycles. The minimum atomic E-state index is -0.377. The fraction of sp³-hybridized carbons (Fsp3) is 0.333. The first kappa shape index (κ1) is 24.1. The van der Waals surface area contributed by atoms with E-state index in [2.05, 4.69) is 65.3 Å². The normalized spacial score (nSPS) is 22.3. The van der Waals surface area contributed by atoms with E-state index in [9.17, 15) is 9.90 Å². The van der Waals surface area contributed by atoms with Gasteiger partial charge in [-0.25, -0.2) is 4.98 Å². The summed E-state index contributed by atoms with van der Waals surface area (Å²) in [5.41, 5.74) is 3.46. The second-order valence-electron chi connectivity index (χ2n) is 10.0. The molecule has 3 aliphatic rings. The maximum atomic E-state index is 12.9. The molecular weight excluding hydrogens is 450 g/mol. The number of carbonyl (C=O) groups excluding carboxylic acids is 1. The van der Waals surface area contributed by atoms with Crippen LogP contribution in [0.2, 0.25) is 0 Å². The lowest BCUT2D eigenvalue weighted by atomic mass is 9.91. The molecule has 1 aliphatic heterocycles. The summed E-state index contributed by atoms with van der Waals surface area (Å²) in [6.07, 6.45) is 21.4. The second kappa shape index (κ2) is 9.78. The Balaban J connectivity index is 1.24. The summed E-state index contributed by atoms with van der Waals surface area (Å²) in [7, 11) is 0. The first-order valence-corrected chi connectivity index (χ1v) is 12.6. The minimum absolute atomic E-state index is 0.0291. The van der Waals surface area contributed by atoms with E-state index in [1.807, 2.05) is 13.8 Å². The quantitative estimate of drug-likeness (QED) is 0.518. The van der Waals surface area contributed by atoms with Crippen molar-refractivity contribution < 1.29 is 14.6 Å². The van der Waals surface area contributed by atoms with Crippen molar-refractivity contribution in [2.45, 2.75) is 50.7 Å². The maximum absolute atomic E-state index is 12.9. The SMILES string of the molecule is C=Cc1cc(C(=O)NC(CO)CC2=CC3CC3(c3cn4c(n3)C=CCC=C4)C=C2)ccc1OC(C)C. The van der Waals surface area contributed by atoms with E-state index in [4.69, 9.17) is 9.72 Å². The number of aliphatic hydroxyl groups is 1. The average Bonchev–Trinajstić information content (AvgIpc) is 3.53. The molecular formula is C30H33N3O3. The molecule has 2 aromatic rings. The van der Waals surface area contributed by atoms with Gasteiger partial charge in [-0.05, 0) is 68.9 Å². The van der Waals surface area contributed by atoms with Crippen LogP contribution in [0.25, 0.3) is 18.4 Å². The molecule has 2 heterocycles. The van der Waals surface area contributed by atoms with Crippen LogP contribution in [-0.2, 0) is 5.41 Å². The number of fused-ring (bicyclic) bond motifs is 2. The van der Waals surface area contributed by atoms with Crippen LogP contribution >= 0.6 is 0 Å². The Kier molecular flexibility index (Phi) is 6.54. The van der Waals surface area contributed by atoms with Crippen LogP contribution in [0.3, 0.4) is 0 Å². The summed E-state index contributed by atoms with van der Waals surface area (Å²) in [6, 6.07) is 4.92. The number of ether oxygens (including phenoxy) is 1. The number of amides is 1. The van der Waals surface area contributed by atoms with Gasteiger partial charge in [-0.15, -0.1) is 0 Å². The van der Waals surface area contributed by atoms with Crippen molar-refractivity contribution in [3.8, 4) is 5.75 Å². The Labute approximate surface area is 212 Å². The summed E-state index contributed by atoms with van der Waals surface area (Å²) in [6.45, 7) is 7.61. The molecule has 2 N–H and O–H groups in total. The molecule has 5 rings (SSSR count). The smallest absolute Gasteiger partial charge is 0.251 e. The van der Waals surface area contributed by atoms with E-state index < -0.39 is 0 Å². The molecule has 3 unspecified atom stereocenters. The molecule has 0 saturated heterocycles. The Morgan fingerprint density at radius 3 is 2.97 bits per heavy atom. The lowest BCUT2D eigenvalue weighted by molar-refractivity contribution is 0.0916. The largest absolute Gasteiger partial charge is 0.490 e. The van der Waals surface area contributed by atoms with Gasteiger partial charge in [-0.1, -0.05) is 43.0 Å². The topological polar surface area (TPSA) is 76.4 Å². The summed E-state index contributed by atoms with van der Waals surface area (Å²) in [4.78, 5) is 17.8. The number of nitrogens with zero attached hydrogens (tertiary/aromatic N) is 2. The highest BCUT2D eigenvalue weighted by atomic mass is 16.5. The first-order valence-electron chi connectivity index (χ1n) is 12.6. The van der Waals surface area contributed by atoms with Crippen molar-refractivity contribution in [3.05, 3.63) is 89.6 Å². The molecule has 2 aliphatic carbocycles. The average molecular weight is 484 g/mol. The van der Waals surface area contributed by atoms with E-state index in [1.165, 1.54) is 0 Å². The Morgan fingerprint density at radius 1 is 1.36 bits per heavy atom. The molecule has 3 atom stereocenters. The Morgan fingerprint density at radius 2 is 2.22 bits per heavy atom. The standard InChI is InChI=1S/C30H33N3O3/c1-4-22-16-23(9-10-26(22)36-20(2)3)29(35)31-25(19-34)15-21-11-12-30(17-24(30)14-21)27-18-33-13-7-5-6-8-28(33)32-27/h4,6-14,16,18,20,24-25,34H,1,5,15,17,19H2,2-3H3,(H,31,35). The van der Waals surface area contributed by atoms with Crippen LogP contribution in [0.5, 0.6) is 5.75 Å². The van der Waals surface area contributed by atoms with Gasteiger partial charge in [0.2, 0.25) is 0 Å². The highest BCUT2D eigenvalue weighted by Gasteiger charge is 2.55. The predicted octanol–water partition coefficient (Wildman–Crippen LogP) is 5.14. The molecule has 1 aromatic heterocycles. The molecule has 1 fully saturated rings. The van der Waals surface area contributed by atoms with Crippen molar-refractivity contribution in [1.82, 2.24) is 14.9 Å². The zero-order valence-corrected chi connectivity index (χ0v) is 20.9. The van der Waals surface area contributed by atoms with Gasteiger partial charge in [-0.3, -0.25) is 4.79 Å². The Hall–Kier alpha value is -3.64. The van der Waals surface area contributed by atoms with Gasteiger partial charge in [-0.2, -0.15) is 0 Å². The fourth-order valence-electron chi connectivity index (χ4n) is 5.02. The monoisotopic (exact) mass is 483 g/mol. The number of hydrogen-bond donors (Lipinski definition) is 2. The first-order chi connectivity index (χ1) is 17.4. The molecule has 1 amide bonds. The third kappa shape index (κ3) is 4.73. The van der Waals surface area contributed by atoms with Crippen LogP contribution in [0.15, 0.2) is 66.9 Å². The van der Waals surface area contributed by atoms with E-state index in [1.54, 1.807) is 24.3 Å². The highest BCUT2D eigenvalue weighted by molar-refractivity contribution is 5.95. The van der Waals surface area contributed by atoms with Crippen LogP contribution < -0.4 is 10.1 Å². The van der Waals surface area contributed by atoms with Gasteiger partial charge in [0, 0.05) is 28.9 Å². The minimum Gasteiger partial charge on any atom is -0.490 e. The van der Waals surface area contributed by atoms with Crippen LogP contribution in [-0.4, -0.2) is 39.3 Å². The van der Waals surface area contributed by atoms with E-state index in [0.29, 0.717) is 23.7 Å². The zero-order valence-electron chi connectivity index (χ0n) is 20.9. The van der Waals surface area contributed by atoms with Gasteiger partial charge in [0.15, 0.2) is 0 Å². The number of rotatable bonds is 9. The number of hydrogen-bond acceptors (Lipinski definition) is 4. The summed E-state index contributed by atoms with van der Waals surface area (Å²) >= 11 is 0. The predicted molar refractivity (Wildman–Crippen MR) is 143 cm³/mol. The lowest BCUT2D eigenvalue weighted by Crippen LogP contribution is -2.37. The van der Waals surface area contributed by atoms with Gasteiger partial charge in [0.1, 0.15) is 11.6 Å². The van der Waals surface area contributed by atoms with Crippen molar-refractivity contribution >= 4 is 24.3 Å². The number of allylic oxidation sites excluding steroid dienone is 5. The summed E-state index contributed by atoms with van der Waals surface area (Å²) in [5.74, 6) is 1.83. The molecule has 36 heavy (non-hydrogen) atoms. The van der Waals surface area contributed by atoms with Crippen LogP contribution in [0, 0.1) is 5.92 Å². The molecule has 0 spiro atoms. The Bertz CT molecular complexity index is 1270.